The molecule has 1 aromatic carbocycles. The summed E-state index contributed by atoms with van der Waals surface area (Å²) in [6.07, 6.45) is -4.52. The highest BCUT2D eigenvalue weighted by Crippen LogP contribution is 2.15. The predicted octanol–water partition coefficient (Wildman–Crippen LogP) is 1.85. The van der Waals surface area contributed by atoms with Crippen LogP contribution in [-0.4, -0.2) is 30.5 Å². The van der Waals surface area contributed by atoms with Crippen molar-refractivity contribution in [2.45, 2.75) is 6.18 Å². The molecule has 8 heteroatoms. The molecule has 0 heterocycles. The normalized spacial score (nSPS) is 10.4. The number of aliphatic hydroxyl groups is 1. The summed E-state index contributed by atoms with van der Waals surface area (Å²) >= 11 is 0. The van der Waals surface area contributed by atoms with Crippen molar-refractivity contribution in [1.82, 2.24) is 5.32 Å². The number of carbonyl (C=O) groups excluding carboxylic acids is 1. The van der Waals surface area contributed by atoms with Gasteiger partial charge in [0.1, 0.15) is 19.0 Å². The van der Waals surface area contributed by atoms with Gasteiger partial charge in [0.2, 0.25) is 0 Å². The summed E-state index contributed by atoms with van der Waals surface area (Å²) in [6.45, 7) is -1.92. The maximum Gasteiger partial charge on any atom is 0.405 e. The molecule has 0 saturated carbocycles. The second kappa shape index (κ2) is 6.77. The lowest BCUT2D eigenvalue weighted by atomic mass is 10.2. The van der Waals surface area contributed by atoms with E-state index < -0.39 is 31.2 Å². The number of halogens is 4. The standard InChI is InChI=1S/C12H10F4N2O2/c13-10-6-9(4-3-8(10)2-1-5-19)18-11(20)17-7-12(14,15)16/h3-4,6,19H,5,7H2,(H2,17,18,20). The molecule has 3 N–H and O–H groups in total. The van der Waals surface area contributed by atoms with Crippen LogP contribution in [0.1, 0.15) is 5.56 Å². The van der Waals surface area contributed by atoms with Crippen LogP contribution >= 0.6 is 0 Å². The van der Waals surface area contributed by atoms with Crippen molar-refractivity contribution in [2.24, 2.45) is 0 Å². The first-order valence-corrected chi connectivity index (χ1v) is 5.32. The Morgan fingerprint density at radius 2 is 2.05 bits per heavy atom. The molecule has 0 radical (unpaired) electrons. The number of nitrogens with one attached hydrogen (secondary N) is 2. The quantitative estimate of drug-likeness (QED) is 0.575. The molecular formula is C12H10F4N2O2. The van der Waals surface area contributed by atoms with Crippen molar-refractivity contribution >= 4 is 11.7 Å². The number of hydrogen-bond donors (Lipinski definition) is 3. The van der Waals surface area contributed by atoms with Gasteiger partial charge in [-0.3, -0.25) is 0 Å². The molecule has 0 spiro atoms. The van der Waals surface area contributed by atoms with Crippen LogP contribution in [-0.2, 0) is 0 Å². The lowest BCUT2D eigenvalue weighted by Crippen LogP contribution is -2.36. The van der Waals surface area contributed by atoms with Gasteiger partial charge in [-0.1, -0.05) is 11.8 Å². The third-order valence-electron chi connectivity index (χ3n) is 1.98. The highest BCUT2D eigenvalue weighted by atomic mass is 19.4. The number of carbonyl (C=O) groups is 1. The van der Waals surface area contributed by atoms with Crippen LogP contribution in [0.3, 0.4) is 0 Å². The van der Waals surface area contributed by atoms with E-state index in [4.69, 9.17) is 5.11 Å². The summed E-state index contributed by atoms with van der Waals surface area (Å²) in [6, 6.07) is 2.32. The van der Waals surface area contributed by atoms with Gasteiger partial charge in [-0.2, -0.15) is 13.2 Å². The Balaban J connectivity index is 2.65. The number of alkyl halides is 3. The SMILES string of the molecule is O=C(NCC(F)(F)F)Nc1ccc(C#CCO)c(F)c1. The number of benzene rings is 1. The Hall–Kier alpha value is -2.27. The Morgan fingerprint density at radius 1 is 1.35 bits per heavy atom. The van der Waals surface area contributed by atoms with Crippen molar-refractivity contribution in [3.8, 4) is 11.8 Å². The third-order valence-corrected chi connectivity index (χ3v) is 1.98. The molecule has 4 nitrogen and oxygen atoms in total. The molecule has 1 rings (SSSR count). The molecule has 108 valence electrons. The van der Waals surface area contributed by atoms with Crippen LogP contribution < -0.4 is 10.6 Å². The zero-order valence-electron chi connectivity index (χ0n) is 10.0. The Bertz CT molecular complexity index is 547. The molecule has 0 aliphatic rings. The van der Waals surface area contributed by atoms with Gasteiger partial charge in [-0.05, 0) is 18.2 Å². The van der Waals surface area contributed by atoms with Crippen molar-refractivity contribution in [1.29, 1.82) is 0 Å². The maximum atomic E-state index is 13.5. The molecule has 0 aliphatic carbocycles. The van der Waals surface area contributed by atoms with Crippen LogP contribution in [0.25, 0.3) is 0 Å². The van der Waals surface area contributed by atoms with Crippen molar-refractivity contribution in [3.05, 3.63) is 29.6 Å². The van der Waals surface area contributed by atoms with E-state index in [0.717, 1.165) is 6.07 Å². The van der Waals surface area contributed by atoms with Crippen LogP contribution in [0.2, 0.25) is 0 Å². The molecular weight excluding hydrogens is 280 g/mol. The molecule has 0 aliphatic heterocycles. The van der Waals surface area contributed by atoms with E-state index in [-0.39, 0.29) is 11.3 Å². The molecule has 2 amide bonds. The molecule has 0 atom stereocenters. The van der Waals surface area contributed by atoms with Gasteiger partial charge in [-0.15, -0.1) is 0 Å². The fourth-order valence-electron chi connectivity index (χ4n) is 1.18. The van der Waals surface area contributed by atoms with Gasteiger partial charge in [0.25, 0.3) is 0 Å². The van der Waals surface area contributed by atoms with E-state index in [2.05, 4.69) is 17.2 Å². The summed E-state index contributed by atoms with van der Waals surface area (Å²) in [5, 5.41) is 12.1. The molecule has 0 fully saturated rings. The van der Waals surface area contributed by atoms with Crippen LogP contribution in [0.15, 0.2) is 18.2 Å². The molecule has 0 bridgehead atoms. The van der Waals surface area contributed by atoms with E-state index in [9.17, 15) is 22.4 Å². The number of rotatable bonds is 2. The van der Waals surface area contributed by atoms with Gasteiger partial charge in [0.05, 0.1) is 5.56 Å². The maximum absolute atomic E-state index is 13.5. The highest BCUT2D eigenvalue weighted by Gasteiger charge is 2.27. The fraction of sp³-hybridized carbons (Fsp3) is 0.250. The van der Waals surface area contributed by atoms with Crippen molar-refractivity contribution in [3.63, 3.8) is 0 Å². The van der Waals surface area contributed by atoms with Gasteiger partial charge in [-0.25, -0.2) is 9.18 Å². The second-order valence-electron chi connectivity index (χ2n) is 3.58. The number of amides is 2. The molecule has 20 heavy (non-hydrogen) atoms. The molecule has 0 unspecified atom stereocenters. The van der Waals surface area contributed by atoms with Gasteiger partial charge >= 0.3 is 12.2 Å². The summed E-state index contributed by atoms with van der Waals surface area (Å²) in [7, 11) is 0. The predicted molar refractivity (Wildman–Crippen MR) is 63.4 cm³/mol. The molecule has 0 aromatic heterocycles. The lowest BCUT2D eigenvalue weighted by molar-refractivity contribution is -0.122. The highest BCUT2D eigenvalue weighted by molar-refractivity contribution is 5.89. The van der Waals surface area contributed by atoms with Gasteiger partial charge < -0.3 is 15.7 Å². The van der Waals surface area contributed by atoms with Crippen LogP contribution in [0.4, 0.5) is 28.0 Å². The summed E-state index contributed by atoms with van der Waals surface area (Å²) in [5.41, 5.74) is -0.0166. The van der Waals surface area contributed by atoms with E-state index >= 15 is 0 Å². The van der Waals surface area contributed by atoms with Crippen molar-refractivity contribution in [2.75, 3.05) is 18.5 Å². The van der Waals surface area contributed by atoms with Crippen molar-refractivity contribution < 1.29 is 27.5 Å². The van der Waals surface area contributed by atoms with Gasteiger partial charge in [0.15, 0.2) is 0 Å². The number of anilines is 1. The minimum absolute atomic E-state index is 0.000277. The largest absolute Gasteiger partial charge is 0.405 e. The number of aliphatic hydroxyl groups excluding tert-OH is 1. The zero-order chi connectivity index (χ0) is 15.2. The smallest absolute Gasteiger partial charge is 0.384 e. The minimum atomic E-state index is -4.52. The van der Waals surface area contributed by atoms with Crippen LogP contribution in [0.5, 0.6) is 0 Å². The van der Waals surface area contributed by atoms with E-state index in [0.29, 0.717) is 0 Å². The molecule has 1 aromatic rings. The average Bonchev–Trinajstić information content (AvgIpc) is 2.35. The first-order chi connectivity index (χ1) is 9.31. The topological polar surface area (TPSA) is 61.4 Å². The summed E-state index contributed by atoms with van der Waals surface area (Å²) in [4.78, 5) is 11.1. The zero-order valence-corrected chi connectivity index (χ0v) is 10.0. The third kappa shape index (κ3) is 5.58. The Labute approximate surface area is 111 Å². The Morgan fingerprint density at radius 3 is 2.60 bits per heavy atom. The number of urea groups is 1. The average molecular weight is 290 g/mol. The monoisotopic (exact) mass is 290 g/mol. The van der Waals surface area contributed by atoms with Crippen LogP contribution in [0, 0.1) is 17.7 Å². The lowest BCUT2D eigenvalue weighted by Gasteiger charge is -2.10. The fourth-order valence-corrected chi connectivity index (χ4v) is 1.18. The van der Waals surface area contributed by atoms with E-state index in [1.165, 1.54) is 12.1 Å². The Kier molecular flexibility index (Phi) is 5.34. The first kappa shape index (κ1) is 15.8. The summed E-state index contributed by atoms with van der Waals surface area (Å²) in [5.74, 6) is 3.82. The summed E-state index contributed by atoms with van der Waals surface area (Å²) < 4.78 is 49.0. The number of hydrogen-bond acceptors (Lipinski definition) is 2. The second-order valence-corrected chi connectivity index (χ2v) is 3.58. The molecule has 0 saturated heterocycles. The minimum Gasteiger partial charge on any atom is -0.384 e. The van der Waals surface area contributed by atoms with E-state index in [1.807, 2.05) is 0 Å². The van der Waals surface area contributed by atoms with Gasteiger partial charge in [0, 0.05) is 5.69 Å². The first-order valence-electron chi connectivity index (χ1n) is 5.32. The van der Waals surface area contributed by atoms with E-state index in [1.54, 1.807) is 5.32 Å².